The number of unbranched alkanes of at least 4 members (excludes halogenated alkanes) is 1. The summed E-state index contributed by atoms with van der Waals surface area (Å²) >= 11 is 1.59. The van der Waals surface area contributed by atoms with Crippen LogP contribution in [-0.4, -0.2) is 28.9 Å². The maximum absolute atomic E-state index is 12.8. The third-order valence-electron chi connectivity index (χ3n) is 3.81. The average Bonchev–Trinajstić information content (AvgIpc) is 3.21. The van der Waals surface area contributed by atoms with E-state index in [0.29, 0.717) is 13.2 Å². The molecule has 0 unspecified atom stereocenters. The molecule has 2 aromatic rings. The number of benzene rings is 1. The number of thiazole rings is 1. The zero-order valence-corrected chi connectivity index (χ0v) is 13.6. The van der Waals surface area contributed by atoms with Crippen molar-refractivity contribution in [2.45, 2.75) is 32.7 Å². The second-order valence-electron chi connectivity index (χ2n) is 5.43. The molecule has 0 bridgehead atoms. The monoisotopic (exact) mass is 316 g/mol. The van der Waals surface area contributed by atoms with Crippen molar-refractivity contribution in [3.05, 3.63) is 45.9 Å². The number of amides is 1. The molecule has 0 saturated heterocycles. The van der Waals surface area contributed by atoms with Crippen molar-refractivity contribution in [2.24, 2.45) is 0 Å². The van der Waals surface area contributed by atoms with Gasteiger partial charge in [0.05, 0.1) is 13.2 Å². The average molecular weight is 316 g/mol. The van der Waals surface area contributed by atoms with E-state index in [-0.39, 0.29) is 5.91 Å². The molecule has 22 heavy (non-hydrogen) atoms. The summed E-state index contributed by atoms with van der Waals surface area (Å²) in [5.74, 6) is 0.995. The third-order valence-corrected chi connectivity index (χ3v) is 4.58. The van der Waals surface area contributed by atoms with Crippen molar-refractivity contribution in [3.8, 4) is 5.75 Å². The number of carbonyl (C=O) groups is 1. The molecule has 1 aliphatic rings. The van der Waals surface area contributed by atoms with Crippen molar-refractivity contribution in [2.75, 3.05) is 13.2 Å². The summed E-state index contributed by atoms with van der Waals surface area (Å²) in [5, 5.41) is 2.93. The van der Waals surface area contributed by atoms with Gasteiger partial charge in [-0.15, -0.1) is 11.3 Å². The molecule has 0 N–H and O–H groups in total. The Morgan fingerprint density at radius 2 is 2.36 bits per heavy atom. The Kier molecular flexibility index (Phi) is 4.73. The molecular formula is C17H20N2O2S. The van der Waals surface area contributed by atoms with Gasteiger partial charge in [0.1, 0.15) is 10.8 Å². The molecule has 1 aromatic heterocycles. The zero-order valence-electron chi connectivity index (χ0n) is 12.7. The van der Waals surface area contributed by atoms with Crippen LogP contribution < -0.4 is 4.74 Å². The van der Waals surface area contributed by atoms with E-state index in [1.165, 1.54) is 0 Å². The van der Waals surface area contributed by atoms with E-state index in [9.17, 15) is 4.79 Å². The highest BCUT2D eigenvalue weighted by Crippen LogP contribution is 2.26. The first-order valence-electron chi connectivity index (χ1n) is 7.71. The van der Waals surface area contributed by atoms with E-state index in [1.54, 1.807) is 17.5 Å². The summed E-state index contributed by atoms with van der Waals surface area (Å²) in [5.41, 5.74) is 1.88. The van der Waals surface area contributed by atoms with Crippen LogP contribution in [0.3, 0.4) is 0 Å². The second kappa shape index (κ2) is 6.92. The molecule has 0 spiro atoms. The Hall–Kier alpha value is -1.88. The topological polar surface area (TPSA) is 42.4 Å². The Morgan fingerprint density at radius 1 is 1.45 bits per heavy atom. The van der Waals surface area contributed by atoms with E-state index in [0.717, 1.165) is 47.7 Å². The summed E-state index contributed by atoms with van der Waals surface area (Å²) < 4.78 is 5.51. The molecule has 0 aliphatic carbocycles. The lowest BCUT2D eigenvalue weighted by Crippen LogP contribution is -2.31. The molecule has 0 fully saturated rings. The Morgan fingerprint density at radius 3 is 3.14 bits per heavy atom. The second-order valence-corrected chi connectivity index (χ2v) is 6.41. The molecule has 0 radical (unpaired) electrons. The first-order chi connectivity index (χ1) is 10.8. The van der Waals surface area contributed by atoms with E-state index < -0.39 is 0 Å². The molecule has 4 nitrogen and oxygen atoms in total. The molecule has 116 valence electrons. The van der Waals surface area contributed by atoms with E-state index in [4.69, 9.17) is 4.74 Å². The van der Waals surface area contributed by atoms with Gasteiger partial charge in [0.25, 0.3) is 5.91 Å². The summed E-state index contributed by atoms with van der Waals surface area (Å²) in [4.78, 5) is 19.0. The van der Waals surface area contributed by atoms with Gasteiger partial charge in [-0.25, -0.2) is 4.98 Å². The van der Waals surface area contributed by atoms with Gasteiger partial charge in [-0.2, -0.15) is 0 Å². The molecule has 0 saturated carbocycles. The Labute approximate surface area is 134 Å². The lowest BCUT2D eigenvalue weighted by atomic mass is 10.1. The van der Waals surface area contributed by atoms with Gasteiger partial charge in [0.15, 0.2) is 0 Å². The minimum atomic E-state index is 0.0818. The Balaban J connectivity index is 1.78. The summed E-state index contributed by atoms with van der Waals surface area (Å²) in [7, 11) is 0. The first kappa shape index (κ1) is 15.0. The van der Waals surface area contributed by atoms with Crippen LogP contribution in [0.25, 0.3) is 0 Å². The van der Waals surface area contributed by atoms with Gasteiger partial charge in [-0.3, -0.25) is 4.79 Å². The number of carbonyl (C=O) groups excluding carboxylic acids is 1. The third kappa shape index (κ3) is 3.30. The van der Waals surface area contributed by atoms with E-state index in [1.807, 2.05) is 28.5 Å². The van der Waals surface area contributed by atoms with Gasteiger partial charge >= 0.3 is 0 Å². The number of rotatable bonds is 6. The molecule has 1 aromatic carbocycles. The van der Waals surface area contributed by atoms with Crippen LogP contribution in [-0.2, 0) is 13.0 Å². The highest BCUT2D eigenvalue weighted by Gasteiger charge is 2.20. The first-order valence-corrected chi connectivity index (χ1v) is 8.59. The maximum Gasteiger partial charge on any atom is 0.254 e. The smallest absolute Gasteiger partial charge is 0.254 e. The highest BCUT2D eigenvalue weighted by molar-refractivity contribution is 7.09. The minimum Gasteiger partial charge on any atom is -0.493 e. The molecule has 1 aliphatic heterocycles. The highest BCUT2D eigenvalue weighted by atomic mass is 32.1. The van der Waals surface area contributed by atoms with Crippen molar-refractivity contribution >= 4 is 17.2 Å². The van der Waals surface area contributed by atoms with Gasteiger partial charge in [0.2, 0.25) is 0 Å². The standard InChI is InChI=1S/C17H20N2O2S/c1-2-3-8-19(12-16-18-7-10-22-16)17(20)14-4-5-15-13(11-14)6-9-21-15/h4-5,7,10-11H,2-3,6,8-9,12H2,1H3. The number of ether oxygens (including phenoxy) is 1. The predicted molar refractivity (Wildman–Crippen MR) is 87.4 cm³/mol. The number of nitrogens with zero attached hydrogens (tertiary/aromatic N) is 2. The lowest BCUT2D eigenvalue weighted by molar-refractivity contribution is 0.0740. The molecule has 0 atom stereocenters. The molecular weight excluding hydrogens is 296 g/mol. The van der Waals surface area contributed by atoms with Crippen molar-refractivity contribution in [3.63, 3.8) is 0 Å². The van der Waals surface area contributed by atoms with Gasteiger partial charge in [-0.1, -0.05) is 13.3 Å². The SMILES string of the molecule is CCCCN(Cc1nccs1)C(=O)c1ccc2c(c1)CCO2. The molecule has 1 amide bonds. The van der Waals surface area contributed by atoms with E-state index in [2.05, 4.69) is 11.9 Å². The van der Waals surface area contributed by atoms with Crippen LogP contribution in [0.15, 0.2) is 29.8 Å². The minimum absolute atomic E-state index is 0.0818. The van der Waals surface area contributed by atoms with E-state index >= 15 is 0 Å². The van der Waals surface area contributed by atoms with Crippen molar-refractivity contribution in [1.29, 1.82) is 0 Å². The summed E-state index contributed by atoms with van der Waals surface area (Å²) in [6, 6.07) is 5.76. The Bertz CT molecular complexity index is 640. The fourth-order valence-corrected chi connectivity index (χ4v) is 3.23. The number of hydrogen-bond donors (Lipinski definition) is 0. The van der Waals surface area contributed by atoms with Crippen LogP contribution in [0.5, 0.6) is 5.75 Å². The molecule has 3 rings (SSSR count). The number of fused-ring (bicyclic) bond motifs is 1. The fraction of sp³-hybridized carbons (Fsp3) is 0.412. The quantitative estimate of drug-likeness (QED) is 0.819. The normalized spacial score (nSPS) is 12.8. The number of hydrogen-bond acceptors (Lipinski definition) is 4. The zero-order chi connectivity index (χ0) is 15.4. The number of aromatic nitrogens is 1. The van der Waals surface area contributed by atoms with Gasteiger partial charge in [-0.05, 0) is 30.2 Å². The van der Waals surface area contributed by atoms with Gasteiger partial charge < -0.3 is 9.64 Å². The molecule has 2 heterocycles. The predicted octanol–water partition coefficient (Wildman–Crippen LogP) is 3.52. The van der Waals surface area contributed by atoms with Crippen LogP contribution in [0.1, 0.15) is 40.7 Å². The van der Waals surface area contributed by atoms with Crippen molar-refractivity contribution < 1.29 is 9.53 Å². The summed E-state index contributed by atoms with van der Waals surface area (Å²) in [6.07, 6.45) is 4.75. The summed E-state index contributed by atoms with van der Waals surface area (Å²) in [6.45, 7) is 4.21. The van der Waals surface area contributed by atoms with Crippen LogP contribution in [0, 0.1) is 0 Å². The largest absolute Gasteiger partial charge is 0.493 e. The van der Waals surface area contributed by atoms with Crippen LogP contribution in [0.2, 0.25) is 0 Å². The van der Waals surface area contributed by atoms with Crippen molar-refractivity contribution in [1.82, 2.24) is 9.88 Å². The van der Waals surface area contributed by atoms with Crippen LogP contribution >= 0.6 is 11.3 Å². The lowest BCUT2D eigenvalue weighted by Gasteiger charge is -2.21. The molecule has 5 heteroatoms. The van der Waals surface area contributed by atoms with Crippen LogP contribution in [0.4, 0.5) is 0 Å². The maximum atomic E-state index is 12.8. The fourth-order valence-electron chi connectivity index (χ4n) is 2.60. The van der Waals surface area contributed by atoms with Gasteiger partial charge in [0, 0.05) is 30.1 Å².